The zero-order chi connectivity index (χ0) is 62.4. The second kappa shape index (κ2) is 28.4. The summed E-state index contributed by atoms with van der Waals surface area (Å²) in [7, 11) is 0. The Kier molecular flexibility index (Phi) is 23.9. The molecule has 13 rings (SSSR count). The van der Waals surface area contributed by atoms with E-state index in [1.54, 1.807) is 0 Å². The van der Waals surface area contributed by atoms with Crippen LogP contribution in [0.3, 0.4) is 0 Å². The van der Waals surface area contributed by atoms with Crippen LogP contribution < -0.4 is 93.0 Å². The summed E-state index contributed by atoms with van der Waals surface area (Å²) in [6, 6.07) is 0. The number of aliphatic hydroxyl groups is 4. The molecule has 10 aliphatic rings. The van der Waals surface area contributed by atoms with E-state index in [9.17, 15) is 30.0 Å². The van der Waals surface area contributed by atoms with Crippen LogP contribution in [0.4, 0.5) is 0 Å². The predicted octanol–water partition coefficient (Wildman–Crippen LogP) is -2.60. The van der Waals surface area contributed by atoms with Gasteiger partial charge in [-0.25, -0.2) is 0 Å². The molecule has 0 amide bonds. The Labute approximate surface area is 584 Å². The Hall–Kier alpha value is -1.34. The van der Waals surface area contributed by atoms with Gasteiger partial charge in [-0.1, -0.05) is 78.0 Å². The summed E-state index contributed by atoms with van der Waals surface area (Å²) in [6.45, 7) is 34.1. The average molecular weight is 1360 g/mol. The van der Waals surface area contributed by atoms with E-state index in [4.69, 9.17) is 13.7 Å². The number of fused-ring (bicyclic) bond motifs is 10. The molecule has 89 heavy (non-hydrogen) atoms. The zero-order valence-corrected chi connectivity index (χ0v) is 61.7. The molecule has 20 heteroatoms. The fourth-order valence-electron chi connectivity index (χ4n) is 23.1. The molecule has 0 unspecified atom stereocenters. The van der Waals surface area contributed by atoms with Crippen molar-refractivity contribution in [3.63, 3.8) is 0 Å². The quantitative estimate of drug-likeness (QED) is 0.0502. The number of hydrogen-bond acceptors (Lipinski definition) is 13. The number of nitrogens with one attached hydrogen (secondary N) is 3. The molecule has 3 radical (unpaired) electrons. The molecule has 0 spiro atoms. The van der Waals surface area contributed by atoms with Crippen molar-refractivity contribution in [1.82, 2.24) is 30.6 Å². The van der Waals surface area contributed by atoms with Gasteiger partial charge in [0.05, 0.1) is 30.8 Å². The molecule has 10 aliphatic carbocycles. The fraction of sp³-hybridized carbons (Fsp3) is 0.754. The third kappa shape index (κ3) is 13.2. The van der Waals surface area contributed by atoms with E-state index in [0.717, 1.165) is 94.7 Å². The molecule has 23 atom stereocenters. The normalized spacial score (nSPS) is 42.7. The smallest absolute Gasteiger partial charge is 1.00 e. The second-order valence-corrected chi connectivity index (χ2v) is 33.4. The van der Waals surface area contributed by atoms with Crippen molar-refractivity contribution in [2.75, 3.05) is 13.2 Å². The monoisotopic (exact) mass is 1360 g/mol. The van der Waals surface area contributed by atoms with Crippen LogP contribution in [0, 0.1) is 121 Å². The number of hydrogen-bond donors (Lipinski definition) is 7. The summed E-state index contributed by atoms with van der Waals surface area (Å²) >= 11 is -5.94. The number of aromatic nitrogens is 6. The first-order valence-electron chi connectivity index (χ1n) is 32.6. The van der Waals surface area contributed by atoms with Gasteiger partial charge in [0.25, 0.3) is 0 Å². The molecular weight excluding hydrogens is 1260 g/mol. The van der Waals surface area contributed by atoms with E-state index in [1.807, 2.05) is 18.6 Å². The first-order valence-corrected chi connectivity index (χ1v) is 36.1. The molecule has 3 heterocycles. The van der Waals surface area contributed by atoms with Crippen LogP contribution in [0.15, 0.2) is 55.0 Å². The van der Waals surface area contributed by atoms with Gasteiger partial charge in [-0.3, -0.25) is 29.0 Å². The number of aldehydes is 2. The van der Waals surface area contributed by atoms with Crippen molar-refractivity contribution >= 4 is 21.0 Å². The van der Waals surface area contributed by atoms with E-state index >= 15 is 0 Å². The largest absolute Gasteiger partial charge is 1.00 e. The number of carbonyl (C=O) groups is 2. The third-order valence-electron chi connectivity index (χ3n) is 27.4. The minimum absolute atomic E-state index is 0. The minimum Gasteiger partial charge on any atom is -1.00 e. The topological polar surface area (TPSA) is 293 Å². The Morgan fingerprint density at radius 1 is 0.539 bits per heavy atom. The molecule has 3 aromatic rings. The number of nitrogens with zero attached hydrogens (tertiary/aromatic N) is 3. The number of rotatable bonds is 9. The SMILES string of the molecule is C=C(C)[C@H]1CC[C@H]2[C@@H]3[C@@H](O)[C@H](O)[C@H]4Cc5[nH]ncc5C[C@]4(C)[C@H]3CC[C@]12C.C=C(C)[C@H]1CC[C@H]2[C@H](C=O)[C@@H]([C@@]3(C)Cc4cn[nH]c4C[C@@H]3C=O)CC[C@]12C.C=C(C)[C@H]1CC[C@H]2[C@H](CO)[C@@H]([C@@]3(C)Cc4cn[nH]c4C[C@@H]3CO)CC[C@]12C.[B].[H-].[Na+].[Na+].[O-][I+3]([O-])([O-])[O-]. The van der Waals surface area contributed by atoms with Gasteiger partial charge < -0.3 is 31.4 Å². The van der Waals surface area contributed by atoms with Crippen molar-refractivity contribution in [2.45, 2.75) is 190 Å². The summed E-state index contributed by atoms with van der Waals surface area (Å²) < 4.78 is 34.5. The average Bonchev–Trinajstić information content (AvgIpc) is 1.23. The standard InChI is InChI=1S/C23H34N2O2.C23H36N2O2.C23H32N2O2.B.IO4.2Na.H/c1-12(2)14-5-6-15-19-16(7-8-22(14,15)3)23(4)10-13-11-24-25-18(13)9-17(23)20(26)21(19)27;2*1-14(2)18-5-6-19-17(13-27)20(7-8-22(18,19)3)23(4)10-15-11-24-25-21(15)9-16(23)12-26;;2-1(3,4)5;;;/h11,14-17,19-21,26-27H,1,5-10H2,2-4H3,(H,24,25);11,16-20,26-27H,1,5-10,12-13H2,2-4H3,(H,24,25);11-13,16-20H,1,5-10H2,2-4H3,(H,24,25);;;;;/q;;;;-1;2*+1;-1/t14-,15+,16+,17-,19+,20-,21-,22-,23-;2*16-,17+,18-,19+,20+,22-,23+;;;;;/m111...../s1. The molecular formula is C69H103BIN6Na2O10. The molecule has 481 valence electrons. The molecule has 0 saturated heterocycles. The number of aromatic amines is 3. The van der Waals surface area contributed by atoms with Crippen LogP contribution in [0.2, 0.25) is 0 Å². The van der Waals surface area contributed by atoms with Crippen molar-refractivity contribution in [1.29, 1.82) is 0 Å². The Balaban J connectivity index is 0.000000202. The van der Waals surface area contributed by atoms with Gasteiger partial charge in [0, 0.05) is 50.5 Å². The summed E-state index contributed by atoms with van der Waals surface area (Å²) in [4.78, 5) is 24.4. The van der Waals surface area contributed by atoms with Gasteiger partial charge in [-0.15, -0.1) is 0 Å². The third-order valence-corrected chi connectivity index (χ3v) is 27.4. The van der Waals surface area contributed by atoms with Crippen LogP contribution in [-0.2, 0) is 48.1 Å². The number of allylic oxidation sites excluding steroid dienone is 3. The van der Waals surface area contributed by atoms with Gasteiger partial charge in [0.2, 0.25) is 0 Å². The molecule has 0 bridgehead atoms. The zero-order valence-electron chi connectivity index (χ0n) is 56.5. The van der Waals surface area contributed by atoms with Gasteiger partial charge >= 0.3 is 59.1 Å². The van der Waals surface area contributed by atoms with Gasteiger partial charge in [-0.2, -0.15) is 15.3 Å². The number of H-pyrrole nitrogens is 3. The number of carbonyl (C=O) groups excluding carboxylic acids is 2. The van der Waals surface area contributed by atoms with Crippen LogP contribution in [0.5, 0.6) is 0 Å². The van der Waals surface area contributed by atoms with Crippen molar-refractivity contribution < 1.29 is 124 Å². The maximum Gasteiger partial charge on any atom is 1.00 e. The summed E-state index contributed by atoms with van der Waals surface area (Å²) in [5, 5.41) is 65.3. The molecule has 7 N–H and O–H groups in total. The Morgan fingerprint density at radius 2 is 0.921 bits per heavy atom. The second-order valence-electron chi connectivity index (χ2n) is 31.2. The van der Waals surface area contributed by atoms with Crippen LogP contribution >= 0.6 is 0 Å². The predicted molar refractivity (Wildman–Crippen MR) is 324 cm³/mol. The van der Waals surface area contributed by atoms with Gasteiger partial charge in [0.15, 0.2) is 0 Å². The van der Waals surface area contributed by atoms with E-state index in [-0.39, 0.29) is 150 Å². The van der Waals surface area contributed by atoms with Crippen molar-refractivity contribution in [3.8, 4) is 0 Å². The molecule has 7 saturated carbocycles. The summed E-state index contributed by atoms with van der Waals surface area (Å²) in [5.41, 5.74) is 11.7. The van der Waals surface area contributed by atoms with Crippen LogP contribution in [0.1, 0.15) is 175 Å². The van der Waals surface area contributed by atoms with Crippen molar-refractivity contribution in [2.24, 2.45) is 121 Å². The maximum absolute atomic E-state index is 12.4. The first kappa shape index (κ1) is 75.1. The molecule has 7 fully saturated rings. The van der Waals surface area contributed by atoms with Crippen LogP contribution in [-0.4, -0.2) is 97.4 Å². The first-order chi connectivity index (χ1) is 40.5. The minimum atomic E-state index is -5.94. The Bertz CT molecular complexity index is 2980. The van der Waals surface area contributed by atoms with Gasteiger partial charge in [0.1, 0.15) is 32.7 Å². The van der Waals surface area contributed by atoms with E-state index in [2.05, 4.69) is 113 Å². The van der Waals surface area contributed by atoms with Crippen molar-refractivity contribution in [3.05, 3.63) is 88.8 Å². The fourth-order valence-corrected chi connectivity index (χ4v) is 23.1. The molecule has 16 nitrogen and oxygen atoms in total. The number of halogens is 1. The molecule has 0 aliphatic heterocycles. The summed E-state index contributed by atoms with van der Waals surface area (Å²) in [5.74, 6) is 5.17. The molecule has 0 aromatic carbocycles. The molecule has 3 aromatic heterocycles. The van der Waals surface area contributed by atoms with E-state index < -0.39 is 32.3 Å². The van der Waals surface area contributed by atoms with Gasteiger partial charge in [-0.05, 0) is 262 Å². The van der Waals surface area contributed by atoms with E-state index in [0.29, 0.717) is 59.7 Å². The maximum atomic E-state index is 12.4. The Morgan fingerprint density at radius 3 is 1.39 bits per heavy atom. The number of aliphatic hydroxyl groups excluding tert-OH is 4. The van der Waals surface area contributed by atoms with E-state index in [1.165, 1.54) is 77.5 Å². The summed E-state index contributed by atoms with van der Waals surface area (Å²) in [6.07, 6.45) is 26.0. The van der Waals surface area contributed by atoms with Crippen LogP contribution in [0.25, 0.3) is 0 Å².